The molecule has 0 unspecified atom stereocenters. The number of benzene rings is 2. The number of nitro groups is 1. The molecule has 148 valence electrons. The van der Waals surface area contributed by atoms with E-state index in [0.29, 0.717) is 17.1 Å². The van der Waals surface area contributed by atoms with Gasteiger partial charge < -0.3 is 4.42 Å². The third-order valence-electron chi connectivity index (χ3n) is 4.42. The minimum atomic E-state index is -0.439. The summed E-state index contributed by atoms with van der Waals surface area (Å²) in [4.78, 5) is 22.8. The summed E-state index contributed by atoms with van der Waals surface area (Å²) in [6.07, 6.45) is 2.54. The summed E-state index contributed by atoms with van der Waals surface area (Å²) < 4.78 is 5.62. The Morgan fingerprint density at radius 2 is 1.86 bits per heavy atom. The van der Waals surface area contributed by atoms with Gasteiger partial charge >= 0.3 is 0 Å². The number of hydrogen-bond acceptors (Lipinski definition) is 5. The van der Waals surface area contributed by atoms with E-state index in [2.05, 4.69) is 17.5 Å². The summed E-state index contributed by atoms with van der Waals surface area (Å²) in [6, 6.07) is 16.1. The predicted molar refractivity (Wildman–Crippen MR) is 111 cm³/mol. The van der Waals surface area contributed by atoms with Gasteiger partial charge in [0.25, 0.3) is 5.69 Å². The van der Waals surface area contributed by atoms with Gasteiger partial charge in [0, 0.05) is 6.07 Å². The smallest absolute Gasteiger partial charge is 0.280 e. The Balaban J connectivity index is 1.63. The molecule has 0 aliphatic rings. The van der Waals surface area contributed by atoms with E-state index in [1.165, 1.54) is 17.8 Å². The van der Waals surface area contributed by atoms with Gasteiger partial charge in [-0.25, -0.2) is 5.43 Å². The van der Waals surface area contributed by atoms with Crippen molar-refractivity contribution in [1.82, 2.24) is 5.43 Å². The first-order valence-corrected chi connectivity index (χ1v) is 9.21. The highest BCUT2D eigenvalue weighted by molar-refractivity contribution is 5.82. The van der Waals surface area contributed by atoms with Crippen molar-refractivity contribution in [3.63, 3.8) is 0 Å². The third kappa shape index (κ3) is 5.16. The molecule has 0 aliphatic carbocycles. The molecule has 2 aromatic carbocycles. The van der Waals surface area contributed by atoms with Gasteiger partial charge in [-0.1, -0.05) is 37.3 Å². The molecular formula is C22H21N3O4. The second-order valence-corrected chi connectivity index (χ2v) is 6.62. The Morgan fingerprint density at radius 3 is 2.55 bits per heavy atom. The van der Waals surface area contributed by atoms with E-state index in [1.54, 1.807) is 31.2 Å². The molecule has 0 spiro atoms. The van der Waals surface area contributed by atoms with E-state index in [9.17, 15) is 14.9 Å². The lowest BCUT2D eigenvalue weighted by Gasteiger charge is -2.02. The summed E-state index contributed by atoms with van der Waals surface area (Å²) >= 11 is 0. The molecule has 1 aromatic heterocycles. The van der Waals surface area contributed by atoms with Crippen molar-refractivity contribution in [1.29, 1.82) is 0 Å². The highest BCUT2D eigenvalue weighted by Crippen LogP contribution is 2.31. The van der Waals surface area contributed by atoms with E-state index in [0.717, 1.165) is 17.5 Å². The molecule has 0 aliphatic heterocycles. The molecule has 29 heavy (non-hydrogen) atoms. The van der Waals surface area contributed by atoms with Gasteiger partial charge in [0.2, 0.25) is 5.91 Å². The molecule has 1 amide bonds. The Hall–Kier alpha value is -3.74. The Bertz CT molecular complexity index is 1050. The maximum Gasteiger partial charge on any atom is 0.280 e. The largest absolute Gasteiger partial charge is 0.455 e. The van der Waals surface area contributed by atoms with E-state index in [1.807, 2.05) is 24.3 Å². The molecule has 1 N–H and O–H groups in total. The van der Waals surface area contributed by atoms with Crippen LogP contribution in [0.1, 0.15) is 29.4 Å². The molecule has 7 heteroatoms. The zero-order valence-electron chi connectivity index (χ0n) is 16.2. The molecule has 7 nitrogen and oxygen atoms in total. The van der Waals surface area contributed by atoms with Crippen molar-refractivity contribution in [3.8, 4) is 11.3 Å². The van der Waals surface area contributed by atoms with Crippen molar-refractivity contribution in [2.24, 2.45) is 5.10 Å². The fourth-order valence-corrected chi connectivity index (χ4v) is 2.85. The molecular weight excluding hydrogens is 370 g/mol. The predicted octanol–water partition coefficient (Wildman–Crippen LogP) is 4.42. The van der Waals surface area contributed by atoms with E-state index >= 15 is 0 Å². The van der Waals surface area contributed by atoms with Crippen LogP contribution in [0.15, 0.2) is 64.1 Å². The highest BCUT2D eigenvalue weighted by atomic mass is 16.6. The highest BCUT2D eigenvalue weighted by Gasteiger charge is 2.18. The van der Waals surface area contributed by atoms with Crippen LogP contribution < -0.4 is 5.43 Å². The van der Waals surface area contributed by atoms with E-state index < -0.39 is 4.92 Å². The number of nitro benzene ring substituents is 1. The summed E-state index contributed by atoms with van der Waals surface area (Å²) in [6.45, 7) is 3.87. The number of carbonyl (C=O) groups is 1. The van der Waals surface area contributed by atoms with Gasteiger partial charge in [-0.3, -0.25) is 14.9 Å². The van der Waals surface area contributed by atoms with Crippen LogP contribution >= 0.6 is 0 Å². The second kappa shape index (κ2) is 8.97. The number of carbonyl (C=O) groups excluding carboxylic acids is 1. The Kier molecular flexibility index (Phi) is 6.19. The third-order valence-corrected chi connectivity index (χ3v) is 4.42. The SMILES string of the molecule is CCc1ccc(CC(=O)N/N=C\c2ccc(-c3ccc(C)cc3[N+](=O)[O-])o2)cc1. The summed E-state index contributed by atoms with van der Waals surface area (Å²) in [5.74, 6) is 0.495. The summed E-state index contributed by atoms with van der Waals surface area (Å²) in [7, 11) is 0. The van der Waals surface area contributed by atoms with Gasteiger partial charge in [-0.15, -0.1) is 0 Å². The Labute approximate surface area is 168 Å². The molecule has 3 aromatic rings. The van der Waals surface area contributed by atoms with Gasteiger partial charge in [-0.2, -0.15) is 5.10 Å². The van der Waals surface area contributed by atoms with Crippen molar-refractivity contribution in [2.75, 3.05) is 0 Å². The lowest BCUT2D eigenvalue weighted by molar-refractivity contribution is -0.384. The standard InChI is InChI=1S/C22H21N3O4/c1-3-16-5-7-17(8-6-16)13-22(26)24-23-14-18-9-11-21(29-18)19-10-4-15(2)12-20(19)25(27)28/h4-12,14H,3,13H2,1-2H3,(H,24,26)/b23-14-. The number of amides is 1. The number of furan rings is 1. The Morgan fingerprint density at radius 1 is 1.14 bits per heavy atom. The van der Waals surface area contributed by atoms with E-state index in [4.69, 9.17) is 4.42 Å². The first-order valence-electron chi connectivity index (χ1n) is 9.21. The van der Waals surface area contributed by atoms with Crippen molar-refractivity contribution in [2.45, 2.75) is 26.7 Å². The first kappa shape index (κ1) is 20.0. The molecule has 0 fully saturated rings. The van der Waals surface area contributed by atoms with Crippen molar-refractivity contribution >= 4 is 17.8 Å². The molecule has 0 atom stereocenters. The van der Waals surface area contributed by atoms with Crippen LogP contribution in [0.3, 0.4) is 0 Å². The summed E-state index contributed by atoms with van der Waals surface area (Å²) in [5.41, 5.74) is 5.74. The normalized spacial score (nSPS) is 11.0. The fraction of sp³-hybridized carbons (Fsp3) is 0.182. The molecule has 1 heterocycles. The lowest BCUT2D eigenvalue weighted by Crippen LogP contribution is -2.19. The van der Waals surface area contributed by atoms with Gasteiger partial charge in [0.05, 0.1) is 23.1 Å². The van der Waals surface area contributed by atoms with Gasteiger partial charge in [-0.05, 0) is 48.2 Å². The van der Waals surface area contributed by atoms with Crippen LogP contribution in [0.2, 0.25) is 0 Å². The number of rotatable bonds is 7. The second-order valence-electron chi connectivity index (χ2n) is 6.62. The number of aryl methyl sites for hydroxylation is 2. The molecule has 0 saturated carbocycles. The van der Waals surface area contributed by atoms with Crippen LogP contribution in [-0.4, -0.2) is 17.0 Å². The van der Waals surface area contributed by atoms with Crippen molar-refractivity contribution < 1.29 is 14.1 Å². The molecule has 0 radical (unpaired) electrons. The lowest BCUT2D eigenvalue weighted by atomic mass is 10.1. The van der Waals surface area contributed by atoms with Crippen LogP contribution in [0.5, 0.6) is 0 Å². The van der Waals surface area contributed by atoms with Crippen LogP contribution in [0.25, 0.3) is 11.3 Å². The van der Waals surface area contributed by atoms with Crippen LogP contribution in [-0.2, 0) is 17.6 Å². The molecule has 0 saturated heterocycles. The van der Waals surface area contributed by atoms with Crippen molar-refractivity contribution in [3.05, 3.63) is 87.2 Å². The van der Waals surface area contributed by atoms with Gasteiger partial charge in [0.15, 0.2) is 0 Å². The quantitative estimate of drug-likeness (QED) is 0.366. The topological polar surface area (TPSA) is 97.7 Å². The number of nitrogens with one attached hydrogen (secondary N) is 1. The zero-order valence-corrected chi connectivity index (χ0v) is 16.2. The number of hydrazone groups is 1. The first-order chi connectivity index (χ1) is 14.0. The average Bonchev–Trinajstić information content (AvgIpc) is 3.17. The van der Waals surface area contributed by atoms with Crippen LogP contribution in [0.4, 0.5) is 5.69 Å². The zero-order chi connectivity index (χ0) is 20.8. The summed E-state index contributed by atoms with van der Waals surface area (Å²) in [5, 5.41) is 15.2. The fourth-order valence-electron chi connectivity index (χ4n) is 2.85. The monoisotopic (exact) mass is 391 g/mol. The molecule has 0 bridgehead atoms. The maximum absolute atomic E-state index is 12.0. The minimum absolute atomic E-state index is 0.0229. The minimum Gasteiger partial charge on any atom is -0.455 e. The number of hydrogen-bond donors (Lipinski definition) is 1. The van der Waals surface area contributed by atoms with Crippen LogP contribution in [0, 0.1) is 17.0 Å². The van der Waals surface area contributed by atoms with Gasteiger partial charge in [0.1, 0.15) is 11.5 Å². The average molecular weight is 391 g/mol. The molecule has 3 rings (SSSR count). The van der Waals surface area contributed by atoms with E-state index in [-0.39, 0.29) is 18.0 Å². The maximum atomic E-state index is 12.0. The number of nitrogens with zero attached hydrogens (tertiary/aromatic N) is 2.